The predicted molar refractivity (Wildman–Crippen MR) is 76.8 cm³/mol. The van der Waals surface area contributed by atoms with Crippen molar-refractivity contribution in [1.82, 2.24) is 5.32 Å². The number of hydrogen-bond acceptors (Lipinski definition) is 2. The Labute approximate surface area is 117 Å². The van der Waals surface area contributed by atoms with Gasteiger partial charge in [-0.25, -0.2) is 4.39 Å². The number of carbonyl (C=O) groups excluding carboxylic acids is 1. The Morgan fingerprint density at radius 2 is 1.85 bits per heavy atom. The minimum absolute atomic E-state index is 0.123. The van der Waals surface area contributed by atoms with Crippen molar-refractivity contribution < 1.29 is 9.18 Å². The molecule has 2 rings (SSSR count). The molecule has 0 spiro atoms. The highest BCUT2D eigenvalue weighted by Gasteiger charge is 2.05. The highest BCUT2D eigenvalue weighted by atomic mass is 19.1. The fourth-order valence-electron chi connectivity index (χ4n) is 1.91. The van der Waals surface area contributed by atoms with E-state index >= 15 is 0 Å². The highest BCUT2D eigenvalue weighted by Crippen LogP contribution is 2.05. The molecule has 0 unspecified atom stereocenters. The van der Waals surface area contributed by atoms with Gasteiger partial charge in [0.25, 0.3) is 5.91 Å². The van der Waals surface area contributed by atoms with Crippen molar-refractivity contribution in [2.24, 2.45) is 5.73 Å². The number of nitrogens with one attached hydrogen (secondary N) is 1. The molecule has 0 radical (unpaired) electrons. The molecule has 0 aliphatic rings. The number of nitrogens with two attached hydrogens (primary N) is 1. The summed E-state index contributed by atoms with van der Waals surface area (Å²) in [5, 5.41) is 2.84. The van der Waals surface area contributed by atoms with Gasteiger partial charge < -0.3 is 11.1 Å². The fraction of sp³-hybridized carbons (Fsp3) is 0.188. The normalized spacial score (nSPS) is 10.3. The van der Waals surface area contributed by atoms with Crippen molar-refractivity contribution >= 4 is 5.91 Å². The van der Waals surface area contributed by atoms with E-state index in [1.54, 1.807) is 24.3 Å². The quantitative estimate of drug-likeness (QED) is 0.877. The van der Waals surface area contributed by atoms with Gasteiger partial charge >= 0.3 is 0 Å². The van der Waals surface area contributed by atoms with Crippen LogP contribution >= 0.6 is 0 Å². The molecule has 2 aromatic carbocycles. The number of benzene rings is 2. The zero-order valence-corrected chi connectivity index (χ0v) is 11.1. The fourth-order valence-corrected chi connectivity index (χ4v) is 1.91. The Morgan fingerprint density at radius 3 is 2.55 bits per heavy atom. The van der Waals surface area contributed by atoms with E-state index in [-0.39, 0.29) is 11.7 Å². The van der Waals surface area contributed by atoms with Gasteiger partial charge in [-0.3, -0.25) is 4.79 Å². The summed E-state index contributed by atoms with van der Waals surface area (Å²) in [6.07, 6.45) is 0.669. The topological polar surface area (TPSA) is 55.1 Å². The molecule has 3 nitrogen and oxygen atoms in total. The molecular weight excluding hydrogens is 255 g/mol. The van der Waals surface area contributed by atoms with Gasteiger partial charge in [-0.2, -0.15) is 0 Å². The van der Waals surface area contributed by atoms with E-state index in [2.05, 4.69) is 5.32 Å². The second-order valence-corrected chi connectivity index (χ2v) is 4.54. The third kappa shape index (κ3) is 3.90. The maximum atomic E-state index is 12.7. The SMILES string of the molecule is NCc1cccc(C(=O)NCCc2ccc(F)cc2)c1. The zero-order chi connectivity index (χ0) is 14.4. The van der Waals surface area contributed by atoms with E-state index in [1.807, 2.05) is 12.1 Å². The van der Waals surface area contributed by atoms with Crippen molar-refractivity contribution in [3.05, 3.63) is 71.0 Å². The van der Waals surface area contributed by atoms with E-state index in [9.17, 15) is 9.18 Å². The summed E-state index contributed by atoms with van der Waals surface area (Å²) in [4.78, 5) is 11.9. The molecule has 0 aromatic heterocycles. The number of halogens is 1. The van der Waals surface area contributed by atoms with Gasteiger partial charge in [0.15, 0.2) is 0 Å². The molecule has 0 atom stereocenters. The second-order valence-electron chi connectivity index (χ2n) is 4.54. The first-order chi connectivity index (χ1) is 9.69. The maximum absolute atomic E-state index is 12.7. The predicted octanol–water partition coefficient (Wildman–Crippen LogP) is 2.26. The highest BCUT2D eigenvalue weighted by molar-refractivity contribution is 5.94. The Bertz CT molecular complexity index is 581. The summed E-state index contributed by atoms with van der Waals surface area (Å²) < 4.78 is 12.7. The largest absolute Gasteiger partial charge is 0.352 e. The van der Waals surface area contributed by atoms with Gasteiger partial charge in [-0.05, 0) is 41.8 Å². The van der Waals surface area contributed by atoms with Crippen LogP contribution in [0.2, 0.25) is 0 Å². The van der Waals surface area contributed by atoms with Crippen molar-refractivity contribution in [1.29, 1.82) is 0 Å². The lowest BCUT2D eigenvalue weighted by Crippen LogP contribution is -2.25. The molecule has 104 valence electrons. The smallest absolute Gasteiger partial charge is 0.251 e. The van der Waals surface area contributed by atoms with E-state index in [4.69, 9.17) is 5.73 Å². The van der Waals surface area contributed by atoms with Crippen LogP contribution in [-0.2, 0) is 13.0 Å². The van der Waals surface area contributed by atoms with Gasteiger partial charge in [0.05, 0.1) is 0 Å². The summed E-state index contributed by atoms with van der Waals surface area (Å²) in [6.45, 7) is 0.925. The minimum atomic E-state index is -0.253. The minimum Gasteiger partial charge on any atom is -0.352 e. The number of hydrogen-bond donors (Lipinski definition) is 2. The lowest BCUT2D eigenvalue weighted by atomic mass is 10.1. The van der Waals surface area contributed by atoms with Crippen molar-refractivity contribution in [2.75, 3.05) is 6.54 Å². The Balaban J connectivity index is 1.87. The first-order valence-electron chi connectivity index (χ1n) is 6.50. The van der Waals surface area contributed by atoms with Gasteiger partial charge in [-0.1, -0.05) is 24.3 Å². The van der Waals surface area contributed by atoms with Crippen LogP contribution < -0.4 is 11.1 Å². The number of amides is 1. The summed E-state index contributed by atoms with van der Waals surface area (Å²) >= 11 is 0. The second kappa shape index (κ2) is 6.82. The Kier molecular flexibility index (Phi) is 4.85. The molecule has 0 aliphatic carbocycles. The van der Waals surface area contributed by atoms with Crippen LogP contribution in [0.1, 0.15) is 21.5 Å². The molecule has 2 aromatic rings. The zero-order valence-electron chi connectivity index (χ0n) is 11.1. The number of carbonyl (C=O) groups is 1. The molecule has 0 heterocycles. The average Bonchev–Trinajstić information content (AvgIpc) is 2.49. The van der Waals surface area contributed by atoms with Crippen LogP contribution in [-0.4, -0.2) is 12.5 Å². The van der Waals surface area contributed by atoms with Gasteiger partial charge in [0.2, 0.25) is 0 Å². The molecule has 4 heteroatoms. The molecule has 0 saturated carbocycles. The van der Waals surface area contributed by atoms with Gasteiger partial charge in [-0.15, -0.1) is 0 Å². The third-order valence-electron chi connectivity index (χ3n) is 3.04. The summed E-state index contributed by atoms with van der Waals surface area (Å²) in [6, 6.07) is 13.5. The lowest BCUT2D eigenvalue weighted by molar-refractivity contribution is 0.0954. The van der Waals surface area contributed by atoms with Crippen LogP contribution in [0.25, 0.3) is 0 Å². The maximum Gasteiger partial charge on any atom is 0.251 e. The summed E-state index contributed by atoms with van der Waals surface area (Å²) in [5.74, 6) is -0.376. The standard InChI is InChI=1S/C16H17FN2O/c17-15-6-4-12(5-7-15)8-9-19-16(20)14-3-1-2-13(10-14)11-18/h1-7,10H,8-9,11,18H2,(H,19,20). The van der Waals surface area contributed by atoms with Crippen LogP contribution in [0.5, 0.6) is 0 Å². The molecule has 0 saturated heterocycles. The molecule has 0 fully saturated rings. The van der Waals surface area contributed by atoms with Crippen LogP contribution in [0, 0.1) is 5.82 Å². The van der Waals surface area contributed by atoms with E-state index in [0.717, 1.165) is 11.1 Å². The molecule has 0 bridgehead atoms. The monoisotopic (exact) mass is 272 g/mol. The summed E-state index contributed by atoms with van der Waals surface area (Å²) in [5.41, 5.74) is 8.06. The lowest BCUT2D eigenvalue weighted by Gasteiger charge is -2.06. The van der Waals surface area contributed by atoms with E-state index < -0.39 is 0 Å². The van der Waals surface area contributed by atoms with Gasteiger partial charge in [0, 0.05) is 18.7 Å². The van der Waals surface area contributed by atoms with Crippen molar-refractivity contribution in [2.45, 2.75) is 13.0 Å². The molecule has 20 heavy (non-hydrogen) atoms. The van der Waals surface area contributed by atoms with E-state index in [0.29, 0.717) is 25.1 Å². The average molecular weight is 272 g/mol. The van der Waals surface area contributed by atoms with Crippen LogP contribution in [0.3, 0.4) is 0 Å². The Hall–Kier alpha value is -2.20. The van der Waals surface area contributed by atoms with Crippen LogP contribution in [0.15, 0.2) is 48.5 Å². The number of rotatable bonds is 5. The van der Waals surface area contributed by atoms with E-state index in [1.165, 1.54) is 12.1 Å². The molecule has 3 N–H and O–H groups in total. The first-order valence-corrected chi connectivity index (χ1v) is 6.50. The van der Waals surface area contributed by atoms with Crippen molar-refractivity contribution in [3.63, 3.8) is 0 Å². The molecule has 0 aliphatic heterocycles. The van der Waals surface area contributed by atoms with Crippen LogP contribution in [0.4, 0.5) is 4.39 Å². The molecule has 1 amide bonds. The first kappa shape index (κ1) is 14.2. The molecular formula is C16H17FN2O. The van der Waals surface area contributed by atoms with Crippen molar-refractivity contribution in [3.8, 4) is 0 Å². The summed E-state index contributed by atoms with van der Waals surface area (Å²) in [7, 11) is 0. The third-order valence-corrected chi connectivity index (χ3v) is 3.04. The van der Waals surface area contributed by atoms with Gasteiger partial charge in [0.1, 0.15) is 5.82 Å². The Morgan fingerprint density at radius 1 is 1.10 bits per heavy atom.